The molecule has 0 bridgehead atoms. The predicted molar refractivity (Wildman–Crippen MR) is 265 cm³/mol. The van der Waals surface area contributed by atoms with Crippen molar-refractivity contribution in [3.8, 4) is 0 Å². The topological polar surface area (TPSA) is 277 Å². The number of sulfone groups is 2. The van der Waals surface area contributed by atoms with E-state index in [0.717, 1.165) is 6.07 Å². The van der Waals surface area contributed by atoms with Crippen LogP contribution in [0, 0.1) is 11.6 Å². The van der Waals surface area contributed by atoms with Gasteiger partial charge < -0.3 is 30.3 Å². The standard InChI is InChI=1S/C22H22BrFN4O6S2.C22H22ClFN4O6S2/c2*1-2-34-22(31)17-15(10-28-6-8-36(32,33)11-16(28)21(29)30)26-19(20-25-5-7-35-20)27-18(17)13-4-3-12(24)9-14(13)23/h2*3-5,7,9,16,18H,2,6,8,10-11H2,1H3,(H,26,27)(H,29,30). The molecule has 28 heteroatoms. The van der Waals surface area contributed by atoms with Gasteiger partial charge in [0.25, 0.3) is 0 Å². The first-order valence-electron chi connectivity index (χ1n) is 21.7. The highest BCUT2D eigenvalue weighted by atomic mass is 79.9. The van der Waals surface area contributed by atoms with Crippen LogP contribution in [-0.2, 0) is 48.3 Å². The quantitative estimate of drug-likeness (QED) is 0.129. The molecule has 0 radical (unpaired) electrons. The van der Waals surface area contributed by atoms with Crippen molar-refractivity contribution in [3.63, 3.8) is 0 Å². The molecule has 4 aromatic rings. The molecule has 6 heterocycles. The van der Waals surface area contributed by atoms with Crippen LogP contribution in [0.4, 0.5) is 8.78 Å². The molecule has 4 aliphatic heterocycles. The van der Waals surface area contributed by atoms with E-state index in [9.17, 15) is 55.0 Å². The molecule has 4 unspecified atom stereocenters. The van der Waals surface area contributed by atoms with Crippen molar-refractivity contribution in [1.82, 2.24) is 30.4 Å². The molecule has 0 saturated carbocycles. The van der Waals surface area contributed by atoms with Crippen LogP contribution in [0.1, 0.15) is 47.1 Å². The first-order valence-corrected chi connectivity index (χ1v) is 28.3. The molecule has 20 nitrogen and oxygen atoms in total. The van der Waals surface area contributed by atoms with E-state index in [-0.39, 0.29) is 72.8 Å². The Morgan fingerprint density at radius 3 is 1.56 bits per heavy atom. The monoisotopic (exact) mass is 1160 g/mol. The molecular formula is C44H44BrClF2N8O12S4. The highest BCUT2D eigenvalue weighted by Crippen LogP contribution is 2.39. The zero-order valence-corrected chi connectivity index (χ0v) is 43.6. The summed E-state index contributed by atoms with van der Waals surface area (Å²) in [7, 11) is -7.06. The Bertz CT molecular complexity index is 2900. The highest BCUT2D eigenvalue weighted by molar-refractivity contribution is 9.10. The molecule has 4 atom stereocenters. The number of aromatic nitrogens is 2. The number of hydrogen-bond donors (Lipinski definition) is 4. The number of esters is 2. The Kier molecular flexibility index (Phi) is 17.4. The molecule has 72 heavy (non-hydrogen) atoms. The fourth-order valence-corrected chi connectivity index (χ4v) is 13.1. The van der Waals surface area contributed by atoms with Gasteiger partial charge in [-0.2, -0.15) is 0 Å². The first-order chi connectivity index (χ1) is 34.2. The summed E-state index contributed by atoms with van der Waals surface area (Å²) in [5.41, 5.74) is 1.57. The highest BCUT2D eigenvalue weighted by Gasteiger charge is 2.42. The normalized spacial score (nSPS) is 22.0. The summed E-state index contributed by atoms with van der Waals surface area (Å²) in [6.07, 6.45) is 3.16. The van der Waals surface area contributed by atoms with Crippen LogP contribution < -0.4 is 10.6 Å². The van der Waals surface area contributed by atoms with Crippen LogP contribution in [0.5, 0.6) is 0 Å². The van der Waals surface area contributed by atoms with Gasteiger partial charge in [-0.1, -0.05) is 39.7 Å². The molecule has 4 aliphatic rings. The van der Waals surface area contributed by atoms with Gasteiger partial charge in [0.05, 0.1) is 47.4 Å². The molecular weight excluding hydrogens is 1110 g/mol. The number of carboxylic acid groups (broad SMARTS) is 2. The zero-order chi connectivity index (χ0) is 52.1. The third kappa shape index (κ3) is 12.8. The Morgan fingerprint density at radius 2 is 1.17 bits per heavy atom. The molecule has 0 spiro atoms. The van der Waals surface area contributed by atoms with Crippen LogP contribution in [0.25, 0.3) is 0 Å². The first kappa shape index (κ1) is 54.2. The number of nitrogens with one attached hydrogen (secondary N) is 2. The number of carbonyl (C=O) groups is 4. The number of carbonyl (C=O) groups excluding carboxylic acids is 2. The minimum Gasteiger partial charge on any atom is -0.480 e. The van der Waals surface area contributed by atoms with E-state index in [0.29, 0.717) is 43.0 Å². The number of benzene rings is 2. The molecule has 2 aromatic carbocycles. The molecule has 2 aromatic heterocycles. The second kappa shape index (κ2) is 23.1. The number of rotatable bonds is 14. The third-order valence-electron chi connectivity index (χ3n) is 11.4. The lowest BCUT2D eigenvalue weighted by Gasteiger charge is -2.35. The summed E-state index contributed by atoms with van der Waals surface area (Å²) in [6.45, 7) is 3.14. The van der Waals surface area contributed by atoms with E-state index in [1.807, 2.05) is 0 Å². The van der Waals surface area contributed by atoms with Gasteiger partial charge in [0.15, 0.2) is 41.4 Å². The van der Waals surface area contributed by atoms with Crippen molar-refractivity contribution < 1.29 is 64.5 Å². The summed E-state index contributed by atoms with van der Waals surface area (Å²) >= 11 is 12.3. The molecule has 0 amide bonds. The minimum absolute atomic E-state index is 0.0325. The van der Waals surface area contributed by atoms with Crippen molar-refractivity contribution in [2.24, 2.45) is 9.98 Å². The van der Waals surface area contributed by atoms with E-state index < -0.39 is 90.9 Å². The van der Waals surface area contributed by atoms with Gasteiger partial charge in [-0.05, 0) is 43.7 Å². The Balaban J connectivity index is 0.000000211. The van der Waals surface area contributed by atoms with Gasteiger partial charge in [-0.15, -0.1) is 22.7 Å². The van der Waals surface area contributed by atoms with Gasteiger partial charge in [0.2, 0.25) is 0 Å². The average molecular weight is 1160 g/mol. The largest absolute Gasteiger partial charge is 0.480 e. The fourth-order valence-electron chi connectivity index (χ4n) is 8.06. The van der Waals surface area contributed by atoms with E-state index in [4.69, 9.17) is 26.1 Å². The maximum Gasteiger partial charge on any atom is 0.338 e. The number of halogens is 4. The molecule has 2 fully saturated rings. The van der Waals surface area contributed by atoms with E-state index in [2.05, 4.69) is 41.5 Å². The number of carboxylic acids is 2. The molecule has 384 valence electrons. The second-order valence-electron chi connectivity index (χ2n) is 16.1. The summed E-state index contributed by atoms with van der Waals surface area (Å²) in [5.74, 6) is -5.90. The van der Waals surface area contributed by atoms with Gasteiger partial charge in [0.1, 0.15) is 35.8 Å². The Hall–Kier alpha value is -5.55. The van der Waals surface area contributed by atoms with Crippen molar-refractivity contribution in [2.75, 3.05) is 62.4 Å². The number of aliphatic imine (C=N–C) groups is 2. The SMILES string of the molecule is CCOC(=O)C1=C(CN2CCS(=O)(=O)CC2C(=O)O)NC(c2nccs2)=NC1c1ccc(F)cc1Br.CCOC(=O)C1=C(CN2CCS(=O)(=O)CC2C(=O)O)NC(c2nccs2)=NC1c1ccc(F)cc1Cl. The molecule has 8 rings (SSSR count). The van der Waals surface area contributed by atoms with Crippen molar-refractivity contribution >= 4 is 105 Å². The van der Waals surface area contributed by atoms with E-state index in [1.54, 1.807) is 37.0 Å². The number of hydrogen-bond acceptors (Lipinski definition) is 20. The fraction of sp³-hybridized carbons (Fsp3) is 0.364. The number of thiazole rings is 2. The van der Waals surface area contributed by atoms with Crippen molar-refractivity contribution in [3.05, 3.63) is 124 Å². The maximum atomic E-state index is 13.9. The summed E-state index contributed by atoms with van der Waals surface area (Å²) in [4.78, 5) is 71.1. The summed E-state index contributed by atoms with van der Waals surface area (Å²) < 4.78 is 87.1. The van der Waals surface area contributed by atoms with Gasteiger partial charge in [-0.25, -0.2) is 45.2 Å². The van der Waals surface area contributed by atoms with Crippen molar-refractivity contribution in [2.45, 2.75) is 38.0 Å². The van der Waals surface area contributed by atoms with Crippen LogP contribution >= 0.6 is 50.2 Å². The molecule has 0 aliphatic carbocycles. The van der Waals surface area contributed by atoms with Crippen LogP contribution in [0.3, 0.4) is 0 Å². The molecule has 2 saturated heterocycles. The number of aliphatic carboxylic acids is 2. The lowest BCUT2D eigenvalue weighted by Crippen LogP contribution is -2.54. The van der Waals surface area contributed by atoms with Crippen LogP contribution in [-0.4, -0.2) is 157 Å². The van der Waals surface area contributed by atoms with Crippen LogP contribution in [0.15, 0.2) is 96.5 Å². The van der Waals surface area contributed by atoms with Gasteiger partial charge in [-0.3, -0.25) is 29.4 Å². The van der Waals surface area contributed by atoms with Crippen LogP contribution in [0.2, 0.25) is 5.02 Å². The number of amidine groups is 2. The zero-order valence-electron chi connectivity index (χ0n) is 38.0. The smallest absolute Gasteiger partial charge is 0.338 e. The lowest BCUT2D eigenvalue weighted by atomic mass is 9.95. The maximum absolute atomic E-state index is 13.9. The lowest BCUT2D eigenvalue weighted by molar-refractivity contribution is -0.143. The Morgan fingerprint density at radius 1 is 0.736 bits per heavy atom. The average Bonchev–Trinajstić information content (AvgIpc) is 4.07. The summed E-state index contributed by atoms with van der Waals surface area (Å²) in [5, 5.41) is 30.2. The van der Waals surface area contributed by atoms with Crippen molar-refractivity contribution in [1.29, 1.82) is 0 Å². The Labute approximate surface area is 432 Å². The van der Waals surface area contributed by atoms with Gasteiger partial charge in [0, 0.05) is 75.8 Å². The number of ether oxygens (including phenoxy) is 2. The summed E-state index contributed by atoms with van der Waals surface area (Å²) in [6, 6.07) is 3.19. The third-order valence-corrected chi connectivity index (χ3v) is 17.2. The minimum atomic E-state index is -3.53. The van der Waals surface area contributed by atoms with E-state index >= 15 is 0 Å². The van der Waals surface area contributed by atoms with E-state index in [1.165, 1.54) is 62.8 Å². The second-order valence-corrected chi connectivity index (χ2v) is 23.6. The molecule has 4 N–H and O–H groups in total. The predicted octanol–water partition coefficient (Wildman–Crippen LogP) is 4.16. The van der Waals surface area contributed by atoms with Gasteiger partial charge >= 0.3 is 23.9 Å². The number of nitrogens with zero attached hydrogens (tertiary/aromatic N) is 6.